The first kappa shape index (κ1) is 36.4. The fourth-order valence-electron chi connectivity index (χ4n) is 5.55. The largest absolute Gasteiger partial charge is 0.350 e. The van der Waals surface area contributed by atoms with Crippen molar-refractivity contribution in [1.82, 2.24) is 18.2 Å². The molecule has 1 saturated heterocycles. The summed E-state index contributed by atoms with van der Waals surface area (Å²) < 4.78 is 88.6. The van der Waals surface area contributed by atoms with Gasteiger partial charge in [0.1, 0.15) is 0 Å². The molecule has 4 aromatic rings. The Labute approximate surface area is 289 Å². The van der Waals surface area contributed by atoms with E-state index in [9.17, 15) is 30.0 Å². The maximum Gasteiger partial charge on any atom is 0.251 e. The van der Waals surface area contributed by atoms with Crippen molar-refractivity contribution in [3.05, 3.63) is 125 Å². The summed E-state index contributed by atoms with van der Waals surface area (Å²) in [7, 11) is -12.8. The molecule has 0 aromatic heterocycles. The van der Waals surface area contributed by atoms with Gasteiger partial charge in [-0.25, -0.2) is 25.3 Å². The van der Waals surface area contributed by atoms with E-state index in [-0.39, 0.29) is 54.0 Å². The highest BCUT2D eigenvalue weighted by atomic mass is 32.2. The molecule has 4 aromatic carbocycles. The van der Waals surface area contributed by atoms with Crippen LogP contribution in [0.2, 0.25) is 0 Å². The number of hydrogen-bond acceptors (Lipinski definition) is 7. The zero-order valence-corrected chi connectivity index (χ0v) is 30.0. The van der Waals surface area contributed by atoms with Crippen LogP contribution in [0.1, 0.15) is 27.0 Å². The highest BCUT2D eigenvalue weighted by Crippen LogP contribution is 2.26. The van der Waals surface area contributed by atoms with Crippen molar-refractivity contribution < 1.29 is 30.0 Å². The Hall–Kier alpha value is -3.92. The van der Waals surface area contributed by atoms with Gasteiger partial charge in [0.25, 0.3) is 5.91 Å². The number of aryl methyl sites for hydroxylation is 3. The van der Waals surface area contributed by atoms with Gasteiger partial charge in [-0.2, -0.15) is 12.9 Å². The van der Waals surface area contributed by atoms with Gasteiger partial charge in [-0.1, -0.05) is 71.3 Å². The second-order valence-corrected chi connectivity index (χ2v) is 17.8. The van der Waals surface area contributed by atoms with Crippen LogP contribution in [0.15, 0.2) is 118 Å². The summed E-state index contributed by atoms with van der Waals surface area (Å²) in [5.74, 6) is -0.468. The Morgan fingerprint density at radius 2 is 0.980 bits per heavy atom. The molecule has 49 heavy (non-hydrogen) atoms. The SMILES string of the molecule is Cc1ccc(S(=O)(=O)N2CCN(S(=O)(=O)c3ccc(C)cc3)CC(CNC(=O)c3ccccc3)N(S(=O)(=O)c3ccc(C)cc3)CC2)cc1. The van der Waals surface area contributed by atoms with Crippen LogP contribution in [-0.2, 0) is 30.1 Å². The van der Waals surface area contributed by atoms with Crippen molar-refractivity contribution in [1.29, 1.82) is 0 Å². The molecule has 14 heteroatoms. The summed E-state index contributed by atoms with van der Waals surface area (Å²) in [6.07, 6.45) is 0. The molecule has 1 unspecified atom stereocenters. The molecule has 1 amide bonds. The van der Waals surface area contributed by atoms with E-state index >= 15 is 0 Å². The molecule has 1 atom stereocenters. The van der Waals surface area contributed by atoms with Crippen molar-refractivity contribution >= 4 is 36.0 Å². The molecule has 0 spiro atoms. The van der Waals surface area contributed by atoms with Gasteiger partial charge in [-0.05, 0) is 69.3 Å². The summed E-state index contributed by atoms with van der Waals surface area (Å²) in [4.78, 5) is 13.1. The van der Waals surface area contributed by atoms with Gasteiger partial charge in [0.2, 0.25) is 30.1 Å². The van der Waals surface area contributed by atoms with Crippen LogP contribution in [0.25, 0.3) is 0 Å². The van der Waals surface area contributed by atoms with Crippen LogP contribution >= 0.6 is 0 Å². The van der Waals surface area contributed by atoms with Gasteiger partial charge < -0.3 is 5.32 Å². The molecule has 1 fully saturated rings. The minimum atomic E-state index is -4.34. The number of benzene rings is 4. The quantitative estimate of drug-likeness (QED) is 0.277. The Kier molecular flexibility index (Phi) is 11.1. The van der Waals surface area contributed by atoms with Gasteiger partial charge in [-0.3, -0.25) is 4.79 Å². The smallest absolute Gasteiger partial charge is 0.251 e. The standard InChI is InChI=1S/C35H40N4O7S3/c1-27-9-15-32(16-10-27)47(41,42)37-21-22-38(48(43,44)33-17-11-28(2)12-18-33)26-31(25-36-35(40)30-7-5-4-6-8-30)39(24-23-37)49(45,46)34-19-13-29(3)14-20-34/h4-20,31H,21-26H2,1-3H3,(H,36,40). The van der Waals surface area contributed by atoms with Gasteiger partial charge >= 0.3 is 0 Å². The summed E-state index contributed by atoms with van der Waals surface area (Å²) in [6.45, 7) is 3.82. The van der Waals surface area contributed by atoms with Crippen molar-refractivity contribution in [2.45, 2.75) is 41.5 Å². The summed E-state index contributed by atoms with van der Waals surface area (Å²) in [5, 5.41) is 2.79. The van der Waals surface area contributed by atoms with Crippen molar-refractivity contribution in [3.8, 4) is 0 Å². The lowest BCUT2D eigenvalue weighted by Crippen LogP contribution is -2.53. The van der Waals surface area contributed by atoms with Gasteiger partial charge in [0.05, 0.1) is 20.7 Å². The third kappa shape index (κ3) is 8.28. The van der Waals surface area contributed by atoms with Gasteiger partial charge in [-0.15, -0.1) is 0 Å². The molecule has 11 nitrogen and oxygen atoms in total. The average molecular weight is 725 g/mol. The molecule has 260 valence electrons. The van der Waals surface area contributed by atoms with Crippen molar-refractivity contribution in [2.24, 2.45) is 0 Å². The van der Waals surface area contributed by atoms with E-state index < -0.39 is 42.0 Å². The Balaban J connectivity index is 1.61. The molecule has 1 aliphatic rings. The summed E-state index contributed by atoms with van der Waals surface area (Å²) in [6, 6.07) is 26.0. The highest BCUT2D eigenvalue weighted by molar-refractivity contribution is 7.90. The number of nitrogens with one attached hydrogen (secondary N) is 1. The van der Waals surface area contributed by atoms with Crippen LogP contribution < -0.4 is 5.32 Å². The van der Waals surface area contributed by atoms with Crippen LogP contribution in [0.5, 0.6) is 0 Å². The number of carbonyl (C=O) groups is 1. The zero-order chi connectivity index (χ0) is 35.4. The van der Waals surface area contributed by atoms with Crippen molar-refractivity contribution in [3.63, 3.8) is 0 Å². The lowest BCUT2D eigenvalue weighted by molar-refractivity contribution is 0.0942. The van der Waals surface area contributed by atoms with Crippen LogP contribution in [0.4, 0.5) is 0 Å². The zero-order valence-electron chi connectivity index (χ0n) is 27.6. The molecular weight excluding hydrogens is 685 g/mol. The fourth-order valence-corrected chi connectivity index (χ4v) is 10.0. The van der Waals surface area contributed by atoms with E-state index in [1.807, 2.05) is 20.8 Å². The second kappa shape index (κ2) is 14.9. The summed E-state index contributed by atoms with van der Waals surface area (Å²) in [5.41, 5.74) is 2.88. The molecule has 0 bridgehead atoms. The number of rotatable bonds is 9. The van der Waals surface area contributed by atoms with Crippen LogP contribution in [0.3, 0.4) is 0 Å². The number of hydrogen-bond donors (Lipinski definition) is 1. The lowest BCUT2D eigenvalue weighted by Gasteiger charge is -2.33. The van der Waals surface area contributed by atoms with Crippen molar-refractivity contribution in [2.75, 3.05) is 39.3 Å². The number of carbonyl (C=O) groups excluding carboxylic acids is 1. The monoisotopic (exact) mass is 724 g/mol. The molecule has 1 aliphatic heterocycles. The second-order valence-electron chi connectivity index (χ2n) is 12.1. The van der Waals surface area contributed by atoms with E-state index in [4.69, 9.17) is 0 Å². The van der Waals surface area contributed by atoms with E-state index in [0.717, 1.165) is 29.6 Å². The normalized spacial score (nSPS) is 17.5. The predicted octanol–water partition coefficient (Wildman–Crippen LogP) is 3.80. The maximum absolute atomic E-state index is 14.4. The molecule has 1 heterocycles. The molecule has 1 N–H and O–H groups in total. The summed E-state index contributed by atoms with van der Waals surface area (Å²) >= 11 is 0. The first-order valence-electron chi connectivity index (χ1n) is 15.7. The fraction of sp³-hybridized carbons (Fsp3) is 0.286. The molecule has 5 rings (SSSR count). The number of amides is 1. The number of sulfonamides is 3. The topological polar surface area (TPSA) is 141 Å². The molecular formula is C35H40N4O7S3. The third-order valence-electron chi connectivity index (χ3n) is 8.47. The molecule has 0 aliphatic carbocycles. The van der Waals surface area contributed by atoms with Crippen LogP contribution in [-0.4, -0.2) is 89.4 Å². The minimum absolute atomic E-state index is 0.00454. The first-order chi connectivity index (χ1) is 23.2. The highest BCUT2D eigenvalue weighted by Gasteiger charge is 2.39. The van der Waals surface area contributed by atoms with Gasteiger partial charge in [0, 0.05) is 44.8 Å². The Morgan fingerprint density at radius 1 is 0.571 bits per heavy atom. The minimum Gasteiger partial charge on any atom is -0.350 e. The van der Waals surface area contributed by atoms with E-state index in [0.29, 0.717) is 5.56 Å². The predicted molar refractivity (Wildman–Crippen MR) is 188 cm³/mol. The third-order valence-corrected chi connectivity index (χ3v) is 14.2. The number of nitrogens with zero attached hydrogens (tertiary/aromatic N) is 3. The van der Waals surface area contributed by atoms with E-state index in [2.05, 4.69) is 5.32 Å². The molecule has 0 saturated carbocycles. The Bertz CT molecular complexity index is 2090. The first-order valence-corrected chi connectivity index (χ1v) is 20.1. The van der Waals surface area contributed by atoms with E-state index in [1.165, 1.54) is 36.4 Å². The van der Waals surface area contributed by atoms with Gasteiger partial charge in [0.15, 0.2) is 0 Å². The van der Waals surface area contributed by atoms with E-state index in [1.54, 1.807) is 66.7 Å². The lowest BCUT2D eigenvalue weighted by atomic mass is 10.2. The average Bonchev–Trinajstić information content (AvgIpc) is 3.18. The van der Waals surface area contributed by atoms with Crippen LogP contribution in [0, 0.1) is 20.8 Å². The maximum atomic E-state index is 14.4. The molecule has 0 radical (unpaired) electrons. The Morgan fingerprint density at radius 3 is 1.47 bits per heavy atom.